The maximum Gasteiger partial charge on any atom is 0.281 e. The number of benzene rings is 2. The van der Waals surface area contributed by atoms with Crippen molar-refractivity contribution in [1.29, 1.82) is 0 Å². The molecule has 2 aromatic carbocycles. The van der Waals surface area contributed by atoms with Crippen LogP contribution in [0, 0.1) is 10.9 Å². The zero-order valence-electron chi connectivity index (χ0n) is 20.4. The monoisotopic (exact) mass is 541 g/mol. The Morgan fingerprint density at radius 2 is 2.06 bits per heavy atom. The number of ether oxygens (including phenoxy) is 1. The van der Waals surface area contributed by atoms with Gasteiger partial charge in [-0.1, -0.05) is 41.1 Å². The number of nitrogens with zero attached hydrogens (tertiary/aromatic N) is 2. The fourth-order valence-corrected chi connectivity index (χ4v) is 4.97. The van der Waals surface area contributed by atoms with Crippen molar-refractivity contribution in [2.45, 2.75) is 11.6 Å². The topological polar surface area (TPSA) is 113 Å². The molecule has 0 unspecified atom stereocenters. The summed E-state index contributed by atoms with van der Waals surface area (Å²) in [4.78, 5) is 7.81. The number of phenols is 1. The number of methoxy groups -OCH3 is 1. The highest BCUT2D eigenvalue weighted by atomic mass is 35.5. The number of pyridine rings is 1. The van der Waals surface area contributed by atoms with E-state index in [2.05, 4.69) is 20.0 Å². The van der Waals surface area contributed by atoms with Gasteiger partial charge in [-0.05, 0) is 30.3 Å². The van der Waals surface area contributed by atoms with E-state index in [-0.39, 0.29) is 44.5 Å². The molecule has 0 amide bonds. The second kappa shape index (κ2) is 10.0. The molecule has 0 bridgehead atoms. The van der Waals surface area contributed by atoms with E-state index in [1.807, 2.05) is 0 Å². The molecule has 0 saturated heterocycles. The van der Waals surface area contributed by atoms with Crippen LogP contribution < -0.4 is 14.8 Å². The summed E-state index contributed by atoms with van der Waals surface area (Å²) in [5, 5.41) is 11.5. The second-order valence-corrected chi connectivity index (χ2v) is 9.97. The lowest BCUT2D eigenvalue weighted by Gasteiger charge is -2.11. The molecule has 0 radical (unpaired) electrons. The van der Waals surface area contributed by atoms with Crippen LogP contribution in [0.15, 0.2) is 59.8 Å². The first-order valence-electron chi connectivity index (χ1n) is 11.2. The number of nitrogens with one attached hydrogen (secondary N) is 2. The lowest BCUT2D eigenvalue weighted by atomic mass is 10.2. The quantitative estimate of drug-likeness (QED) is 0.279. The van der Waals surface area contributed by atoms with Gasteiger partial charge in [-0.15, -0.1) is 0 Å². The van der Waals surface area contributed by atoms with Crippen molar-refractivity contribution in [3.8, 4) is 22.8 Å². The van der Waals surface area contributed by atoms with Crippen LogP contribution in [0.3, 0.4) is 0 Å². The van der Waals surface area contributed by atoms with E-state index in [1.165, 1.54) is 42.6 Å². The van der Waals surface area contributed by atoms with E-state index in [0.29, 0.717) is 22.6 Å². The van der Waals surface area contributed by atoms with Crippen LogP contribution in [0.25, 0.3) is 11.3 Å². The average molecular weight is 542 g/mol. The van der Waals surface area contributed by atoms with Crippen molar-refractivity contribution in [2.75, 3.05) is 17.1 Å². The summed E-state index contributed by atoms with van der Waals surface area (Å²) in [5.41, 5.74) is 0.554. The number of hydrogen-bond donors (Lipinski definition) is 3. The van der Waals surface area contributed by atoms with Gasteiger partial charge in [0.05, 0.1) is 28.1 Å². The largest absolute Gasteiger partial charge is 0.504 e. The molecule has 0 atom stereocenters. The Morgan fingerprint density at radius 3 is 2.77 bits per heavy atom. The van der Waals surface area contributed by atoms with E-state index in [0.717, 1.165) is 6.07 Å². The van der Waals surface area contributed by atoms with Crippen molar-refractivity contribution in [3.05, 3.63) is 76.3 Å². The number of hydrogen-bond acceptors (Lipinski definition) is 8. The highest BCUT2D eigenvalue weighted by molar-refractivity contribution is 7.92. The number of anilines is 2. The zero-order valence-corrected chi connectivity index (χ0v) is 19.8. The van der Waals surface area contributed by atoms with Crippen LogP contribution in [0.2, 0.25) is 5.02 Å². The minimum atomic E-state index is -4.24. The molecule has 0 aliphatic rings. The third-order valence-corrected chi connectivity index (χ3v) is 7.14. The van der Waals surface area contributed by atoms with Gasteiger partial charge in [0.15, 0.2) is 21.7 Å². The maximum absolute atomic E-state index is 14.4. The second-order valence-electron chi connectivity index (χ2n) is 6.98. The van der Waals surface area contributed by atoms with E-state index in [4.69, 9.17) is 20.5 Å². The molecule has 2 aromatic heterocycles. The summed E-state index contributed by atoms with van der Waals surface area (Å²) < 4.78 is 82.0. The highest BCUT2D eigenvalue weighted by Crippen LogP contribution is 2.32. The number of rotatable bonds is 8. The van der Waals surface area contributed by atoms with Crippen LogP contribution in [0.5, 0.6) is 11.5 Å². The SMILES string of the molecule is [2H]C([2H])([2H])Oc1cccc(CNc2ccc(S(=O)(=O)Nc3nc(-c4ccc(Cl)c(F)c4)c(F)s3)nc2)c1O. The van der Waals surface area contributed by atoms with Crippen molar-refractivity contribution in [2.24, 2.45) is 0 Å². The molecule has 0 saturated carbocycles. The molecule has 2 heterocycles. The zero-order chi connectivity index (χ0) is 27.7. The molecule has 3 N–H and O–H groups in total. The fraction of sp³-hybridized carbons (Fsp3) is 0.0909. The fourth-order valence-electron chi connectivity index (χ4n) is 2.97. The molecule has 0 fully saturated rings. The van der Waals surface area contributed by atoms with Gasteiger partial charge < -0.3 is 15.2 Å². The van der Waals surface area contributed by atoms with E-state index in [1.54, 1.807) is 6.07 Å². The first kappa shape index (κ1) is 20.9. The molecule has 0 spiro atoms. The summed E-state index contributed by atoms with van der Waals surface area (Å²) in [6.45, 7) is 0.0442. The minimum absolute atomic E-state index is 0.0442. The Hall–Kier alpha value is -3.48. The third-order valence-electron chi connectivity index (χ3n) is 4.69. The van der Waals surface area contributed by atoms with Crippen LogP contribution in [-0.2, 0) is 16.6 Å². The molecular formula is C22H17ClF2N4O4S2. The molecule has 35 heavy (non-hydrogen) atoms. The predicted octanol–water partition coefficient (Wildman–Crippen LogP) is 5.26. The molecule has 4 rings (SSSR count). The predicted molar refractivity (Wildman–Crippen MR) is 130 cm³/mol. The van der Waals surface area contributed by atoms with Crippen molar-refractivity contribution < 1.29 is 31.2 Å². The lowest BCUT2D eigenvalue weighted by molar-refractivity contribution is 0.371. The summed E-state index contributed by atoms with van der Waals surface area (Å²) in [7, 11) is -6.97. The number of phenolic OH excluding ortho intramolecular Hbond substituents is 1. The molecule has 182 valence electrons. The maximum atomic E-state index is 14.4. The Kier molecular flexibility index (Phi) is 5.97. The van der Waals surface area contributed by atoms with Crippen LogP contribution >= 0.6 is 22.9 Å². The van der Waals surface area contributed by atoms with Gasteiger partial charge in [-0.2, -0.15) is 12.8 Å². The Morgan fingerprint density at radius 1 is 1.23 bits per heavy atom. The van der Waals surface area contributed by atoms with E-state index >= 15 is 0 Å². The minimum Gasteiger partial charge on any atom is -0.504 e. The Bertz CT molecular complexity index is 1590. The van der Waals surface area contributed by atoms with Crippen LogP contribution in [-0.4, -0.2) is 30.5 Å². The van der Waals surface area contributed by atoms with E-state index < -0.39 is 28.0 Å². The number of sulfonamides is 1. The van der Waals surface area contributed by atoms with Crippen molar-refractivity contribution in [3.63, 3.8) is 0 Å². The van der Waals surface area contributed by atoms with Gasteiger partial charge in [-0.25, -0.2) is 14.4 Å². The molecule has 4 aromatic rings. The molecule has 13 heteroatoms. The Balaban J connectivity index is 1.44. The number of thiazole rings is 1. The van der Waals surface area contributed by atoms with Gasteiger partial charge in [0.25, 0.3) is 10.0 Å². The molecule has 0 aliphatic heterocycles. The van der Waals surface area contributed by atoms with Gasteiger partial charge in [0.1, 0.15) is 11.5 Å². The van der Waals surface area contributed by atoms with Crippen molar-refractivity contribution in [1.82, 2.24) is 9.97 Å². The van der Waals surface area contributed by atoms with E-state index in [9.17, 15) is 22.3 Å². The molecule has 8 nitrogen and oxygen atoms in total. The van der Waals surface area contributed by atoms with Crippen LogP contribution in [0.1, 0.15) is 9.68 Å². The van der Waals surface area contributed by atoms with Gasteiger partial charge in [-0.3, -0.25) is 4.72 Å². The number of halogens is 3. The third kappa shape index (κ3) is 5.45. The van der Waals surface area contributed by atoms with Gasteiger partial charge >= 0.3 is 0 Å². The number of aromatic nitrogens is 2. The normalized spacial score (nSPS) is 12.9. The first-order valence-corrected chi connectivity index (χ1v) is 12.3. The summed E-state index contributed by atoms with van der Waals surface area (Å²) >= 11 is 6.06. The summed E-state index contributed by atoms with van der Waals surface area (Å²) in [6.07, 6.45) is 1.22. The summed E-state index contributed by atoms with van der Waals surface area (Å²) in [5.74, 6) is -1.34. The lowest BCUT2D eigenvalue weighted by Crippen LogP contribution is -2.14. The standard InChI is InChI=1S/C22H17ClF2N4O4S2/c1-33-17-4-2-3-13(20(17)30)10-26-14-6-8-18(27-11-14)35(31,32)29-22-28-19(21(25)34-22)12-5-7-15(23)16(24)9-12/h2-9,11,26,30H,10H2,1H3,(H,28,29)/i1D3. The first-order chi connectivity index (χ1) is 17.8. The van der Waals surface area contributed by atoms with Crippen LogP contribution in [0.4, 0.5) is 19.6 Å². The summed E-state index contributed by atoms with van der Waals surface area (Å²) in [6, 6.07) is 10.5. The molecule has 0 aliphatic carbocycles. The molecular weight excluding hydrogens is 522 g/mol. The van der Waals surface area contributed by atoms with Gasteiger partial charge in [0, 0.05) is 17.7 Å². The smallest absolute Gasteiger partial charge is 0.281 e. The van der Waals surface area contributed by atoms with Gasteiger partial charge in [0.2, 0.25) is 5.13 Å². The average Bonchev–Trinajstić information content (AvgIpc) is 3.20. The highest BCUT2D eigenvalue weighted by Gasteiger charge is 2.21. The number of aromatic hydroxyl groups is 1. The Labute approximate surface area is 212 Å². The van der Waals surface area contributed by atoms with Crippen molar-refractivity contribution >= 4 is 43.8 Å². The number of para-hydroxylation sites is 1.